The number of para-hydroxylation sites is 1. The van der Waals surface area contributed by atoms with Crippen LogP contribution >= 0.6 is 11.8 Å². The van der Waals surface area contributed by atoms with E-state index in [1.807, 2.05) is 35.9 Å². The fourth-order valence-electron chi connectivity index (χ4n) is 2.40. The zero-order valence-corrected chi connectivity index (χ0v) is 15.8. The highest BCUT2D eigenvalue weighted by Crippen LogP contribution is 2.25. The molecule has 0 unspecified atom stereocenters. The lowest BCUT2D eigenvalue weighted by atomic mass is 10.2. The van der Waals surface area contributed by atoms with Crippen molar-refractivity contribution in [3.05, 3.63) is 54.3 Å². The normalized spacial score (nSPS) is 12.0. The molecule has 1 atom stereocenters. The molecular weight excluding hydrogens is 369 g/mol. The van der Waals surface area contributed by atoms with Gasteiger partial charge in [0, 0.05) is 18.4 Å². The van der Waals surface area contributed by atoms with Gasteiger partial charge in [-0.05, 0) is 36.4 Å². The number of hydrogen-bond donors (Lipinski definition) is 1. The largest absolute Gasteiger partial charge is 0.497 e. The third-order valence-corrected chi connectivity index (χ3v) is 5.02. The number of methoxy groups -OCH3 is 1. The van der Waals surface area contributed by atoms with Crippen molar-refractivity contribution in [2.45, 2.75) is 11.3 Å². The number of nitrogens with zero attached hydrogens (tertiary/aromatic N) is 3. The smallest absolute Gasteiger partial charge is 0.191 e. The van der Waals surface area contributed by atoms with Gasteiger partial charge in [0.1, 0.15) is 12.4 Å². The van der Waals surface area contributed by atoms with E-state index >= 15 is 0 Å². The van der Waals surface area contributed by atoms with Crippen molar-refractivity contribution in [1.82, 2.24) is 14.8 Å². The van der Waals surface area contributed by atoms with Gasteiger partial charge in [0.2, 0.25) is 0 Å². The van der Waals surface area contributed by atoms with Crippen LogP contribution in [-0.2, 0) is 7.05 Å². The second kappa shape index (κ2) is 8.88. The average molecular weight is 389 g/mol. The number of aromatic nitrogens is 3. The van der Waals surface area contributed by atoms with Crippen LogP contribution in [0.3, 0.4) is 0 Å². The van der Waals surface area contributed by atoms with E-state index in [1.165, 1.54) is 23.9 Å². The molecule has 0 spiro atoms. The predicted molar refractivity (Wildman–Crippen MR) is 102 cm³/mol. The Hall–Kier alpha value is -2.58. The lowest BCUT2D eigenvalue weighted by molar-refractivity contribution is 0.123. The Morgan fingerprint density at radius 2 is 1.89 bits per heavy atom. The number of aliphatic hydroxyl groups is 1. The van der Waals surface area contributed by atoms with Crippen LogP contribution in [0.5, 0.6) is 11.5 Å². The lowest BCUT2D eigenvalue weighted by Crippen LogP contribution is -2.20. The first-order valence-corrected chi connectivity index (χ1v) is 9.29. The van der Waals surface area contributed by atoms with Crippen LogP contribution in [0.15, 0.2) is 53.7 Å². The molecule has 0 aliphatic carbocycles. The van der Waals surface area contributed by atoms with Crippen molar-refractivity contribution < 1.29 is 19.0 Å². The van der Waals surface area contributed by atoms with Gasteiger partial charge in [-0.2, -0.15) is 0 Å². The molecule has 1 N–H and O–H groups in total. The van der Waals surface area contributed by atoms with Crippen LogP contribution < -0.4 is 9.47 Å². The van der Waals surface area contributed by atoms with Crippen molar-refractivity contribution in [3.63, 3.8) is 0 Å². The number of rotatable bonds is 8. The Morgan fingerprint density at radius 1 is 1.15 bits per heavy atom. The maximum atomic E-state index is 13.5. The molecule has 1 aromatic heterocycles. The predicted octanol–water partition coefficient (Wildman–Crippen LogP) is 3.16. The Balaban J connectivity index is 1.56. The molecule has 0 saturated carbocycles. The molecule has 0 fully saturated rings. The van der Waals surface area contributed by atoms with Gasteiger partial charge in [-0.15, -0.1) is 10.2 Å². The van der Waals surface area contributed by atoms with Crippen molar-refractivity contribution in [2.24, 2.45) is 7.05 Å². The van der Waals surface area contributed by atoms with E-state index in [0.717, 1.165) is 17.1 Å². The van der Waals surface area contributed by atoms with Gasteiger partial charge < -0.3 is 19.1 Å². The van der Waals surface area contributed by atoms with Crippen molar-refractivity contribution >= 4 is 11.8 Å². The molecule has 8 heteroatoms. The van der Waals surface area contributed by atoms with E-state index in [4.69, 9.17) is 9.47 Å². The third kappa shape index (κ3) is 4.78. The van der Waals surface area contributed by atoms with Crippen LogP contribution in [0.2, 0.25) is 0 Å². The first kappa shape index (κ1) is 19.2. The number of aliphatic hydroxyl groups excluding tert-OH is 1. The van der Waals surface area contributed by atoms with E-state index in [0.29, 0.717) is 10.9 Å². The molecule has 0 saturated heterocycles. The summed E-state index contributed by atoms with van der Waals surface area (Å²) in [6.45, 7) is -0.00286. The second-order valence-electron chi connectivity index (χ2n) is 5.80. The first-order chi connectivity index (χ1) is 13.1. The van der Waals surface area contributed by atoms with Gasteiger partial charge in [0.05, 0.1) is 13.2 Å². The summed E-state index contributed by atoms with van der Waals surface area (Å²) in [6.07, 6.45) is -0.768. The molecule has 0 bridgehead atoms. The maximum absolute atomic E-state index is 13.5. The van der Waals surface area contributed by atoms with E-state index < -0.39 is 11.9 Å². The summed E-state index contributed by atoms with van der Waals surface area (Å²) in [5.74, 6) is 1.52. The summed E-state index contributed by atoms with van der Waals surface area (Å²) < 4.78 is 25.9. The summed E-state index contributed by atoms with van der Waals surface area (Å²) in [7, 11) is 3.48. The van der Waals surface area contributed by atoms with E-state index in [2.05, 4.69) is 10.2 Å². The second-order valence-corrected chi connectivity index (χ2v) is 6.79. The van der Waals surface area contributed by atoms with Crippen LogP contribution in [0.25, 0.3) is 11.4 Å². The summed E-state index contributed by atoms with van der Waals surface area (Å²) in [5.41, 5.74) is 0.918. The summed E-state index contributed by atoms with van der Waals surface area (Å²) in [4.78, 5) is 0. The SMILES string of the molecule is COc1ccc(-c2nnc(SC[C@H](O)COc3ccccc3F)n2C)cc1. The number of halogens is 1. The molecular formula is C19H20FN3O3S. The standard InChI is InChI=1S/C19H20FN3O3S/c1-23-18(13-7-9-15(25-2)10-8-13)21-22-19(23)27-12-14(24)11-26-17-6-4-3-5-16(17)20/h3-10,14,24H,11-12H2,1-2H3/t14-/m1/s1. The average Bonchev–Trinajstić information content (AvgIpc) is 3.06. The van der Waals surface area contributed by atoms with Crippen LogP contribution in [0.1, 0.15) is 0 Å². The molecule has 6 nitrogen and oxygen atoms in total. The van der Waals surface area contributed by atoms with E-state index in [9.17, 15) is 9.50 Å². The van der Waals surface area contributed by atoms with Gasteiger partial charge in [0.25, 0.3) is 0 Å². The van der Waals surface area contributed by atoms with Gasteiger partial charge >= 0.3 is 0 Å². The number of hydrogen-bond acceptors (Lipinski definition) is 6. The van der Waals surface area contributed by atoms with Gasteiger partial charge in [-0.25, -0.2) is 4.39 Å². The van der Waals surface area contributed by atoms with Gasteiger partial charge in [0.15, 0.2) is 22.5 Å². The van der Waals surface area contributed by atoms with Gasteiger partial charge in [-0.1, -0.05) is 23.9 Å². The Kier molecular flexibility index (Phi) is 6.31. The minimum atomic E-state index is -0.768. The summed E-state index contributed by atoms with van der Waals surface area (Å²) in [5, 5.41) is 19.2. The molecule has 142 valence electrons. The summed E-state index contributed by atoms with van der Waals surface area (Å²) in [6, 6.07) is 13.7. The lowest BCUT2D eigenvalue weighted by Gasteiger charge is -2.12. The molecule has 3 aromatic rings. The fraction of sp³-hybridized carbons (Fsp3) is 0.263. The highest BCUT2D eigenvalue weighted by atomic mass is 32.2. The van der Waals surface area contributed by atoms with Gasteiger partial charge in [-0.3, -0.25) is 0 Å². The zero-order valence-electron chi connectivity index (χ0n) is 15.0. The number of thioether (sulfide) groups is 1. The third-order valence-electron chi connectivity index (χ3n) is 3.86. The molecule has 3 rings (SSSR count). The molecule has 0 radical (unpaired) electrons. The minimum absolute atomic E-state index is 0.00286. The van der Waals surface area contributed by atoms with Crippen LogP contribution in [-0.4, -0.2) is 45.4 Å². The molecule has 27 heavy (non-hydrogen) atoms. The van der Waals surface area contributed by atoms with Crippen LogP contribution in [0, 0.1) is 5.82 Å². The Morgan fingerprint density at radius 3 is 2.59 bits per heavy atom. The topological polar surface area (TPSA) is 69.4 Å². The van der Waals surface area contributed by atoms with Crippen LogP contribution in [0.4, 0.5) is 4.39 Å². The number of ether oxygens (including phenoxy) is 2. The van der Waals surface area contributed by atoms with E-state index in [-0.39, 0.29) is 12.4 Å². The first-order valence-electron chi connectivity index (χ1n) is 8.30. The van der Waals surface area contributed by atoms with Crippen molar-refractivity contribution in [3.8, 4) is 22.9 Å². The molecule has 1 heterocycles. The summed E-state index contributed by atoms with van der Waals surface area (Å²) >= 11 is 1.36. The maximum Gasteiger partial charge on any atom is 0.191 e. The van der Waals surface area contributed by atoms with Crippen molar-refractivity contribution in [1.29, 1.82) is 0 Å². The fourth-order valence-corrected chi connectivity index (χ4v) is 3.22. The number of benzene rings is 2. The highest BCUT2D eigenvalue weighted by Gasteiger charge is 2.14. The highest BCUT2D eigenvalue weighted by molar-refractivity contribution is 7.99. The van der Waals surface area contributed by atoms with Crippen molar-refractivity contribution in [2.75, 3.05) is 19.5 Å². The molecule has 0 aliphatic rings. The Bertz CT molecular complexity index is 886. The van der Waals surface area contributed by atoms with E-state index in [1.54, 1.807) is 19.2 Å². The quantitative estimate of drug-likeness (QED) is 0.597. The minimum Gasteiger partial charge on any atom is -0.497 e. The molecule has 2 aromatic carbocycles. The zero-order chi connectivity index (χ0) is 19.2. The molecule has 0 amide bonds. The molecule has 0 aliphatic heterocycles. The Labute approximate surface area is 161 Å². The monoisotopic (exact) mass is 389 g/mol.